The number of hydrogen-bond acceptors (Lipinski definition) is 2. The van der Waals surface area contributed by atoms with Gasteiger partial charge in [-0.05, 0) is 19.3 Å². The number of carbonyl (C=O) groups is 2. The van der Waals surface area contributed by atoms with Gasteiger partial charge in [-0.15, -0.1) is 0 Å². The molecule has 0 saturated carbocycles. The number of nitrogens with zero attached hydrogens (tertiary/aromatic N) is 1. The lowest BCUT2D eigenvalue weighted by molar-refractivity contribution is -0.139. The molecule has 2 aliphatic rings. The third kappa shape index (κ3) is 1.87. The minimum atomic E-state index is -0.0715. The van der Waals surface area contributed by atoms with Gasteiger partial charge in [0.2, 0.25) is 11.8 Å². The maximum atomic E-state index is 11.9. The summed E-state index contributed by atoms with van der Waals surface area (Å²) in [5.41, 5.74) is 0. The van der Waals surface area contributed by atoms with Gasteiger partial charge in [0.15, 0.2) is 0 Å². The molecule has 2 atom stereocenters. The van der Waals surface area contributed by atoms with E-state index in [1.807, 2.05) is 12.2 Å². The van der Waals surface area contributed by atoms with Crippen LogP contribution in [0.4, 0.5) is 0 Å². The van der Waals surface area contributed by atoms with Gasteiger partial charge in [-0.2, -0.15) is 0 Å². The maximum absolute atomic E-state index is 11.9. The normalized spacial score (nSPS) is 29.8. The minimum Gasteiger partial charge on any atom is -0.282 e. The Morgan fingerprint density at radius 1 is 1.20 bits per heavy atom. The van der Waals surface area contributed by atoms with Crippen LogP contribution in [0.2, 0.25) is 0 Å². The number of alkyl halides is 1. The zero-order valence-corrected chi connectivity index (χ0v) is 10.1. The Hall–Kier alpha value is -0.640. The van der Waals surface area contributed by atoms with E-state index in [0.717, 1.165) is 24.6 Å². The molecule has 1 aliphatic carbocycles. The van der Waals surface area contributed by atoms with Crippen LogP contribution in [0.1, 0.15) is 19.3 Å². The predicted molar refractivity (Wildman–Crippen MR) is 60.5 cm³/mol. The molecule has 0 N–H and O–H groups in total. The zero-order valence-electron chi connectivity index (χ0n) is 8.49. The van der Waals surface area contributed by atoms with Crippen molar-refractivity contribution in [2.24, 2.45) is 11.8 Å². The molecule has 0 aromatic heterocycles. The Bertz CT molecular complexity index is 288. The highest BCUT2D eigenvalue weighted by atomic mass is 79.9. The average Bonchev–Trinajstić information content (AvgIpc) is 2.51. The summed E-state index contributed by atoms with van der Waals surface area (Å²) >= 11 is 3.31. The summed E-state index contributed by atoms with van der Waals surface area (Å²) in [5, 5.41) is 0.831. The maximum Gasteiger partial charge on any atom is 0.233 e. The number of fused-ring (bicyclic) bond motifs is 1. The third-order valence-corrected chi connectivity index (χ3v) is 3.67. The highest BCUT2D eigenvalue weighted by Gasteiger charge is 2.46. The van der Waals surface area contributed by atoms with Crippen LogP contribution in [0.15, 0.2) is 12.2 Å². The van der Waals surface area contributed by atoms with E-state index < -0.39 is 0 Å². The van der Waals surface area contributed by atoms with Crippen molar-refractivity contribution in [3.8, 4) is 0 Å². The predicted octanol–water partition coefficient (Wildman–Crippen LogP) is 1.72. The van der Waals surface area contributed by atoms with E-state index in [1.165, 1.54) is 4.90 Å². The minimum absolute atomic E-state index is 0.0373. The number of amides is 2. The van der Waals surface area contributed by atoms with Gasteiger partial charge in [0.25, 0.3) is 0 Å². The molecule has 2 unspecified atom stereocenters. The molecule has 3 nitrogen and oxygen atoms in total. The Morgan fingerprint density at radius 2 is 1.73 bits per heavy atom. The van der Waals surface area contributed by atoms with E-state index in [-0.39, 0.29) is 23.7 Å². The van der Waals surface area contributed by atoms with Gasteiger partial charge >= 0.3 is 0 Å². The van der Waals surface area contributed by atoms with Crippen molar-refractivity contribution in [3.63, 3.8) is 0 Å². The number of allylic oxidation sites excluding steroid dienone is 2. The molecule has 0 bridgehead atoms. The van der Waals surface area contributed by atoms with Crippen molar-refractivity contribution >= 4 is 27.7 Å². The first-order valence-corrected chi connectivity index (χ1v) is 6.44. The second-order valence-corrected chi connectivity index (χ2v) is 4.82. The SMILES string of the molecule is O=C1C2CC=CCC2C(=O)N1CCCBr. The van der Waals surface area contributed by atoms with Crippen molar-refractivity contribution in [3.05, 3.63) is 12.2 Å². The van der Waals surface area contributed by atoms with Crippen molar-refractivity contribution in [1.82, 2.24) is 4.90 Å². The van der Waals surface area contributed by atoms with Crippen LogP contribution in [0.5, 0.6) is 0 Å². The Balaban J connectivity index is 2.10. The lowest BCUT2D eigenvalue weighted by atomic mass is 9.85. The molecule has 0 radical (unpaired) electrons. The lowest BCUT2D eigenvalue weighted by Gasteiger charge is -2.14. The van der Waals surface area contributed by atoms with E-state index in [1.54, 1.807) is 0 Å². The largest absolute Gasteiger partial charge is 0.282 e. The van der Waals surface area contributed by atoms with Gasteiger partial charge in [0, 0.05) is 11.9 Å². The fourth-order valence-corrected chi connectivity index (χ4v) is 2.56. The fourth-order valence-electron chi connectivity index (χ4n) is 2.31. The Labute approximate surface area is 97.6 Å². The van der Waals surface area contributed by atoms with Gasteiger partial charge in [-0.1, -0.05) is 28.1 Å². The first-order chi connectivity index (χ1) is 7.25. The zero-order chi connectivity index (χ0) is 10.8. The van der Waals surface area contributed by atoms with Crippen LogP contribution in [-0.4, -0.2) is 28.6 Å². The van der Waals surface area contributed by atoms with Crippen LogP contribution >= 0.6 is 15.9 Å². The number of likely N-dealkylation sites (tertiary alicyclic amines) is 1. The molecular weight excluding hydrogens is 258 g/mol. The molecule has 1 fully saturated rings. The van der Waals surface area contributed by atoms with E-state index >= 15 is 0 Å². The number of rotatable bonds is 3. The molecule has 0 aromatic carbocycles. The molecule has 0 aromatic rings. The van der Waals surface area contributed by atoms with E-state index in [9.17, 15) is 9.59 Å². The summed E-state index contributed by atoms with van der Waals surface area (Å²) in [6.45, 7) is 0.565. The molecule has 1 aliphatic heterocycles. The Kier molecular flexibility index (Phi) is 3.24. The number of hydrogen-bond donors (Lipinski definition) is 0. The van der Waals surface area contributed by atoms with E-state index in [2.05, 4.69) is 15.9 Å². The summed E-state index contributed by atoms with van der Waals surface area (Å²) in [4.78, 5) is 25.3. The van der Waals surface area contributed by atoms with Gasteiger partial charge in [-0.25, -0.2) is 0 Å². The molecule has 15 heavy (non-hydrogen) atoms. The van der Waals surface area contributed by atoms with Crippen LogP contribution < -0.4 is 0 Å². The number of carbonyl (C=O) groups excluding carboxylic acids is 2. The van der Waals surface area contributed by atoms with Crippen LogP contribution in [0.25, 0.3) is 0 Å². The molecule has 4 heteroatoms. The summed E-state index contributed by atoms with van der Waals surface area (Å²) in [7, 11) is 0. The summed E-state index contributed by atoms with van der Waals surface area (Å²) in [5.74, 6) is -0.0683. The van der Waals surface area contributed by atoms with Crippen LogP contribution in [-0.2, 0) is 9.59 Å². The first-order valence-electron chi connectivity index (χ1n) is 5.32. The van der Waals surface area contributed by atoms with Crippen LogP contribution in [0.3, 0.4) is 0 Å². The summed E-state index contributed by atoms with van der Waals surface area (Å²) in [6, 6.07) is 0. The van der Waals surface area contributed by atoms with Crippen LogP contribution in [0, 0.1) is 11.8 Å². The second-order valence-electron chi connectivity index (χ2n) is 4.03. The second kappa shape index (κ2) is 4.47. The van der Waals surface area contributed by atoms with Gasteiger partial charge in [-0.3, -0.25) is 14.5 Å². The van der Waals surface area contributed by atoms with Crippen molar-refractivity contribution in [2.75, 3.05) is 11.9 Å². The van der Waals surface area contributed by atoms with Crippen molar-refractivity contribution in [2.45, 2.75) is 19.3 Å². The topological polar surface area (TPSA) is 37.4 Å². The van der Waals surface area contributed by atoms with E-state index in [0.29, 0.717) is 6.54 Å². The number of imide groups is 1. The third-order valence-electron chi connectivity index (χ3n) is 3.11. The molecule has 1 heterocycles. The molecule has 2 amide bonds. The molecule has 1 saturated heterocycles. The summed E-state index contributed by atoms with van der Waals surface area (Å²) < 4.78 is 0. The molecule has 0 spiro atoms. The van der Waals surface area contributed by atoms with E-state index in [4.69, 9.17) is 0 Å². The molecular formula is C11H14BrNO2. The summed E-state index contributed by atoms with van der Waals surface area (Å²) in [6.07, 6.45) is 6.34. The quantitative estimate of drug-likeness (QED) is 0.445. The highest BCUT2D eigenvalue weighted by Crippen LogP contribution is 2.34. The monoisotopic (exact) mass is 271 g/mol. The van der Waals surface area contributed by atoms with Gasteiger partial charge < -0.3 is 0 Å². The molecule has 82 valence electrons. The lowest BCUT2D eigenvalue weighted by Crippen LogP contribution is -2.32. The smallest absolute Gasteiger partial charge is 0.233 e. The fraction of sp³-hybridized carbons (Fsp3) is 0.636. The highest BCUT2D eigenvalue weighted by molar-refractivity contribution is 9.09. The van der Waals surface area contributed by atoms with Crippen molar-refractivity contribution < 1.29 is 9.59 Å². The van der Waals surface area contributed by atoms with Gasteiger partial charge in [0.05, 0.1) is 11.8 Å². The standard InChI is InChI=1S/C11H14BrNO2/c12-6-3-7-13-10(14)8-4-1-2-5-9(8)11(13)15/h1-2,8-9H,3-7H2. The van der Waals surface area contributed by atoms with Gasteiger partial charge in [0.1, 0.15) is 0 Å². The molecule has 2 rings (SSSR count). The number of halogens is 1. The van der Waals surface area contributed by atoms with Crippen molar-refractivity contribution in [1.29, 1.82) is 0 Å². The Morgan fingerprint density at radius 3 is 2.20 bits per heavy atom. The first kappa shape index (κ1) is 10.9. The average molecular weight is 272 g/mol.